The Morgan fingerprint density at radius 1 is 1.13 bits per heavy atom. The maximum atomic E-state index is 13.4. The van der Waals surface area contributed by atoms with Crippen LogP contribution in [0, 0.1) is 0 Å². The van der Waals surface area contributed by atoms with Crippen LogP contribution in [0.5, 0.6) is 5.75 Å². The van der Waals surface area contributed by atoms with E-state index in [2.05, 4.69) is 0 Å². The molecule has 7 nitrogen and oxygen atoms in total. The number of ether oxygens (including phenoxy) is 3. The Morgan fingerprint density at radius 3 is 2.43 bits per heavy atom. The van der Waals surface area contributed by atoms with E-state index in [9.17, 15) is 14.7 Å². The van der Waals surface area contributed by atoms with Crippen LogP contribution in [0.3, 0.4) is 0 Å². The maximum absolute atomic E-state index is 13.4. The molecular weight excluding hydrogens is 386 g/mol. The topological polar surface area (TPSA) is 85.3 Å². The van der Waals surface area contributed by atoms with Crippen molar-refractivity contribution in [2.75, 3.05) is 32.9 Å². The van der Waals surface area contributed by atoms with Gasteiger partial charge in [0.2, 0.25) is 6.79 Å². The maximum Gasteiger partial charge on any atom is 0.340 e. The Hall–Kier alpha value is -3.74. The second-order valence-corrected chi connectivity index (χ2v) is 6.87. The largest absolute Gasteiger partial charge is 0.497 e. The summed E-state index contributed by atoms with van der Waals surface area (Å²) in [5, 5.41) is 9.89. The first-order chi connectivity index (χ1) is 14.4. The molecule has 7 heteroatoms. The normalized spacial score (nSPS) is 13.5. The van der Waals surface area contributed by atoms with Crippen LogP contribution in [0.15, 0.2) is 71.7 Å². The SMILES string of the molecule is COc1ccc(C(=O)C(Cc2cccc(N(C)C)c2)=C(C(=O)O)C2=COCO2)cc1. The van der Waals surface area contributed by atoms with Crippen molar-refractivity contribution in [3.05, 3.63) is 82.8 Å². The molecule has 0 fully saturated rings. The smallest absolute Gasteiger partial charge is 0.340 e. The molecule has 0 saturated carbocycles. The molecular formula is C23H23NO6. The van der Waals surface area contributed by atoms with Crippen LogP contribution in [0.25, 0.3) is 0 Å². The van der Waals surface area contributed by atoms with Gasteiger partial charge in [0.15, 0.2) is 11.5 Å². The lowest BCUT2D eigenvalue weighted by Crippen LogP contribution is -2.17. The third-order valence-corrected chi connectivity index (χ3v) is 4.67. The van der Waals surface area contributed by atoms with Gasteiger partial charge in [0.1, 0.15) is 17.6 Å². The molecule has 1 aliphatic heterocycles. The van der Waals surface area contributed by atoms with Crippen LogP contribution in [0.1, 0.15) is 15.9 Å². The quantitative estimate of drug-likeness (QED) is 0.528. The summed E-state index contributed by atoms with van der Waals surface area (Å²) in [6.45, 7) is -0.0910. The van der Waals surface area contributed by atoms with E-state index < -0.39 is 11.8 Å². The molecule has 2 aromatic rings. The first-order valence-corrected chi connectivity index (χ1v) is 9.27. The van der Waals surface area contributed by atoms with Gasteiger partial charge in [0.25, 0.3) is 0 Å². The molecule has 3 rings (SSSR count). The van der Waals surface area contributed by atoms with Crippen molar-refractivity contribution in [2.45, 2.75) is 6.42 Å². The minimum atomic E-state index is -1.26. The zero-order valence-corrected chi connectivity index (χ0v) is 17.0. The zero-order chi connectivity index (χ0) is 21.7. The van der Waals surface area contributed by atoms with E-state index in [1.54, 1.807) is 24.3 Å². The van der Waals surface area contributed by atoms with Crippen LogP contribution < -0.4 is 9.64 Å². The minimum absolute atomic E-state index is 0.0307. The third-order valence-electron chi connectivity index (χ3n) is 4.67. The van der Waals surface area contributed by atoms with E-state index in [0.29, 0.717) is 11.3 Å². The standard InChI is InChI=1S/C23H23NO6/c1-24(2)17-6-4-5-15(11-17)12-19(21(23(26)27)20-13-29-14-30-20)22(25)16-7-9-18(28-3)10-8-16/h4-11,13H,12,14H2,1-3H3,(H,26,27). The van der Waals surface area contributed by atoms with E-state index in [1.165, 1.54) is 13.4 Å². The Labute approximate surface area is 174 Å². The fourth-order valence-corrected chi connectivity index (χ4v) is 3.10. The zero-order valence-electron chi connectivity index (χ0n) is 17.0. The minimum Gasteiger partial charge on any atom is -0.497 e. The highest BCUT2D eigenvalue weighted by atomic mass is 16.7. The number of carboxylic acids is 1. The fraction of sp³-hybridized carbons (Fsp3) is 0.217. The number of aliphatic carboxylic acids is 1. The van der Waals surface area contributed by atoms with Crippen molar-refractivity contribution >= 4 is 17.4 Å². The third kappa shape index (κ3) is 4.63. The van der Waals surface area contributed by atoms with E-state index in [0.717, 1.165) is 11.3 Å². The molecule has 1 heterocycles. The summed E-state index contributed by atoms with van der Waals surface area (Å²) in [6, 6.07) is 14.1. The average Bonchev–Trinajstić information content (AvgIpc) is 3.27. The lowest BCUT2D eigenvalue weighted by molar-refractivity contribution is -0.132. The lowest BCUT2D eigenvalue weighted by atomic mass is 9.91. The second-order valence-electron chi connectivity index (χ2n) is 6.87. The molecule has 0 atom stereocenters. The van der Waals surface area contributed by atoms with Gasteiger partial charge in [-0.05, 0) is 42.0 Å². The number of allylic oxidation sites excluding steroid dienone is 1. The number of anilines is 1. The van der Waals surface area contributed by atoms with Gasteiger partial charge < -0.3 is 24.2 Å². The number of rotatable bonds is 8. The summed E-state index contributed by atoms with van der Waals surface area (Å²) in [7, 11) is 5.36. The number of carbonyl (C=O) groups is 2. The van der Waals surface area contributed by atoms with Crippen LogP contribution >= 0.6 is 0 Å². The number of hydrogen-bond donors (Lipinski definition) is 1. The van der Waals surface area contributed by atoms with Crippen molar-refractivity contribution in [3.8, 4) is 5.75 Å². The summed E-state index contributed by atoms with van der Waals surface area (Å²) in [6.07, 6.45) is 1.34. The highest BCUT2D eigenvalue weighted by Crippen LogP contribution is 2.27. The monoisotopic (exact) mass is 409 g/mol. The van der Waals surface area contributed by atoms with Crippen LogP contribution in [-0.4, -0.2) is 44.9 Å². The molecule has 1 N–H and O–H groups in total. The number of hydrogen-bond acceptors (Lipinski definition) is 6. The van der Waals surface area contributed by atoms with E-state index in [1.807, 2.05) is 43.3 Å². The number of carboxylic acid groups (broad SMARTS) is 1. The number of methoxy groups -OCH3 is 1. The van der Waals surface area contributed by atoms with Crippen LogP contribution in [0.4, 0.5) is 5.69 Å². The first kappa shape index (κ1) is 21.0. The molecule has 2 aromatic carbocycles. The molecule has 0 spiro atoms. The van der Waals surface area contributed by atoms with Crippen molar-refractivity contribution in [3.63, 3.8) is 0 Å². The molecule has 0 amide bonds. The molecule has 0 aromatic heterocycles. The molecule has 0 saturated heterocycles. The highest BCUT2D eigenvalue weighted by Gasteiger charge is 2.28. The number of ketones is 1. The van der Waals surface area contributed by atoms with Gasteiger partial charge in [-0.2, -0.15) is 0 Å². The van der Waals surface area contributed by atoms with Gasteiger partial charge in [0, 0.05) is 37.3 Å². The summed E-state index contributed by atoms with van der Waals surface area (Å²) in [4.78, 5) is 27.4. The van der Waals surface area contributed by atoms with Gasteiger partial charge in [-0.15, -0.1) is 0 Å². The Balaban J connectivity index is 2.10. The van der Waals surface area contributed by atoms with Gasteiger partial charge >= 0.3 is 5.97 Å². The fourth-order valence-electron chi connectivity index (χ4n) is 3.10. The van der Waals surface area contributed by atoms with E-state index in [4.69, 9.17) is 14.2 Å². The number of benzene rings is 2. The number of nitrogens with zero attached hydrogens (tertiary/aromatic N) is 1. The van der Waals surface area contributed by atoms with Gasteiger partial charge in [-0.25, -0.2) is 4.79 Å². The predicted molar refractivity (Wildman–Crippen MR) is 112 cm³/mol. The van der Waals surface area contributed by atoms with Crippen molar-refractivity contribution in [1.82, 2.24) is 0 Å². The van der Waals surface area contributed by atoms with Crippen LogP contribution in [-0.2, 0) is 20.7 Å². The van der Waals surface area contributed by atoms with E-state index in [-0.39, 0.29) is 30.1 Å². The van der Waals surface area contributed by atoms with Gasteiger partial charge in [-0.3, -0.25) is 4.79 Å². The first-order valence-electron chi connectivity index (χ1n) is 9.27. The average molecular weight is 409 g/mol. The van der Waals surface area contributed by atoms with Gasteiger partial charge in [0.05, 0.1) is 7.11 Å². The van der Waals surface area contributed by atoms with Crippen molar-refractivity contribution < 1.29 is 28.9 Å². The molecule has 30 heavy (non-hydrogen) atoms. The van der Waals surface area contributed by atoms with Crippen molar-refractivity contribution in [2.24, 2.45) is 0 Å². The molecule has 0 radical (unpaired) electrons. The molecule has 156 valence electrons. The van der Waals surface area contributed by atoms with Gasteiger partial charge in [-0.1, -0.05) is 12.1 Å². The number of carbonyl (C=O) groups excluding carboxylic acids is 1. The molecule has 1 aliphatic rings. The Bertz CT molecular complexity index is 1000. The Morgan fingerprint density at radius 2 is 1.87 bits per heavy atom. The molecule has 0 bridgehead atoms. The second kappa shape index (κ2) is 9.17. The number of Topliss-reactive ketones (excluding diaryl/α,β-unsaturated/α-hetero) is 1. The highest BCUT2D eigenvalue weighted by molar-refractivity contribution is 6.14. The predicted octanol–water partition coefficient (Wildman–Crippen LogP) is 3.41. The summed E-state index contributed by atoms with van der Waals surface area (Å²) >= 11 is 0. The lowest BCUT2D eigenvalue weighted by Gasteiger charge is -2.16. The molecule has 0 unspecified atom stereocenters. The van der Waals surface area contributed by atoms with E-state index >= 15 is 0 Å². The Kier molecular flexibility index (Phi) is 6.41. The summed E-state index contributed by atoms with van der Waals surface area (Å²) < 4.78 is 15.5. The summed E-state index contributed by atoms with van der Waals surface area (Å²) in [5.41, 5.74) is 2.01. The molecule has 0 aliphatic carbocycles. The van der Waals surface area contributed by atoms with Crippen molar-refractivity contribution in [1.29, 1.82) is 0 Å². The summed E-state index contributed by atoms with van der Waals surface area (Å²) in [5.74, 6) is -1.03. The van der Waals surface area contributed by atoms with Crippen LogP contribution in [0.2, 0.25) is 0 Å².